The molecule has 1 N–H and O–H groups in total. The van der Waals surface area contributed by atoms with Crippen LogP contribution >= 0.6 is 11.3 Å². The number of carbonyl (C=O) groups is 1. The summed E-state index contributed by atoms with van der Waals surface area (Å²) in [6.45, 7) is 1.21. The number of hydrogen-bond donors (Lipinski definition) is 1. The van der Waals surface area contributed by atoms with Crippen molar-refractivity contribution < 1.29 is 9.90 Å². The third-order valence-corrected chi connectivity index (χ3v) is 4.62. The van der Waals surface area contributed by atoms with Gasteiger partial charge < -0.3 is 5.11 Å². The summed E-state index contributed by atoms with van der Waals surface area (Å²) >= 11 is 1.62. The number of carboxylic acid groups (broad SMARTS) is 1. The van der Waals surface area contributed by atoms with Gasteiger partial charge in [0.05, 0.1) is 0 Å². The van der Waals surface area contributed by atoms with Crippen molar-refractivity contribution in [1.29, 1.82) is 5.26 Å². The Hall–Kier alpha value is -2.23. The zero-order valence-electron chi connectivity index (χ0n) is 11.2. The molecular formula is C15H13N3O2S. The van der Waals surface area contributed by atoms with E-state index in [0.29, 0.717) is 18.8 Å². The average molecular weight is 299 g/mol. The zero-order chi connectivity index (χ0) is 14.8. The summed E-state index contributed by atoms with van der Waals surface area (Å²) in [6, 6.07) is 6.83. The predicted octanol–water partition coefficient (Wildman–Crippen LogP) is 2.20. The molecule has 0 amide bonds. The zero-order valence-corrected chi connectivity index (χ0v) is 12.0. The number of aromatic nitrogens is 1. The van der Waals surface area contributed by atoms with Crippen molar-refractivity contribution in [3.8, 4) is 6.07 Å². The van der Waals surface area contributed by atoms with E-state index in [-0.39, 0.29) is 0 Å². The normalized spacial score (nSPS) is 18.0. The minimum absolute atomic E-state index is 0.354. The molecule has 3 heterocycles. The van der Waals surface area contributed by atoms with Crippen LogP contribution < -0.4 is 0 Å². The maximum atomic E-state index is 11.6. The van der Waals surface area contributed by atoms with E-state index in [0.717, 1.165) is 22.4 Å². The van der Waals surface area contributed by atoms with Crippen molar-refractivity contribution in [3.05, 3.63) is 51.5 Å². The van der Waals surface area contributed by atoms with Crippen LogP contribution in [0, 0.1) is 11.3 Å². The molecule has 1 unspecified atom stereocenters. The number of pyridine rings is 1. The summed E-state index contributed by atoms with van der Waals surface area (Å²) in [6.07, 6.45) is 2.45. The van der Waals surface area contributed by atoms with Crippen molar-refractivity contribution in [2.45, 2.75) is 19.0 Å². The Balaban J connectivity index is 1.88. The van der Waals surface area contributed by atoms with Crippen molar-refractivity contribution in [3.63, 3.8) is 0 Å². The van der Waals surface area contributed by atoms with Crippen LogP contribution in [0.4, 0.5) is 0 Å². The highest BCUT2D eigenvalue weighted by molar-refractivity contribution is 7.10. The fourth-order valence-corrected chi connectivity index (χ4v) is 3.60. The number of rotatable bonds is 3. The lowest BCUT2D eigenvalue weighted by atomic mass is 9.99. The second-order valence-electron chi connectivity index (χ2n) is 4.92. The van der Waals surface area contributed by atoms with Gasteiger partial charge in [0.2, 0.25) is 0 Å². The molecule has 2 aromatic heterocycles. The monoisotopic (exact) mass is 299 g/mol. The van der Waals surface area contributed by atoms with E-state index >= 15 is 0 Å². The van der Waals surface area contributed by atoms with Crippen LogP contribution in [0.2, 0.25) is 0 Å². The second kappa shape index (κ2) is 5.64. The second-order valence-corrected chi connectivity index (χ2v) is 5.92. The highest BCUT2D eigenvalue weighted by atomic mass is 32.1. The first-order chi connectivity index (χ1) is 10.2. The third kappa shape index (κ3) is 2.66. The number of hydrogen-bond acceptors (Lipinski definition) is 5. The van der Waals surface area contributed by atoms with Crippen molar-refractivity contribution in [2.75, 3.05) is 6.54 Å². The van der Waals surface area contributed by atoms with Crippen LogP contribution in [0.15, 0.2) is 29.8 Å². The van der Waals surface area contributed by atoms with Gasteiger partial charge in [0.15, 0.2) is 0 Å². The summed E-state index contributed by atoms with van der Waals surface area (Å²) in [7, 11) is 0. The lowest BCUT2D eigenvalue weighted by Crippen LogP contribution is -2.38. The van der Waals surface area contributed by atoms with E-state index in [4.69, 9.17) is 5.26 Å². The Labute approximate surface area is 126 Å². The number of nitriles is 1. The molecule has 0 aliphatic carbocycles. The van der Waals surface area contributed by atoms with Crippen LogP contribution in [0.25, 0.3) is 0 Å². The molecule has 2 aromatic rings. The molecule has 0 spiro atoms. The van der Waals surface area contributed by atoms with Gasteiger partial charge in [0.1, 0.15) is 17.8 Å². The van der Waals surface area contributed by atoms with Gasteiger partial charge in [0.25, 0.3) is 0 Å². The highest BCUT2D eigenvalue weighted by Gasteiger charge is 2.33. The molecule has 21 heavy (non-hydrogen) atoms. The molecule has 0 bridgehead atoms. The highest BCUT2D eigenvalue weighted by Crippen LogP contribution is 2.34. The largest absolute Gasteiger partial charge is 0.480 e. The lowest BCUT2D eigenvalue weighted by molar-refractivity contribution is -0.144. The molecule has 3 rings (SSSR count). The molecule has 0 saturated carbocycles. The predicted molar refractivity (Wildman–Crippen MR) is 77.8 cm³/mol. The Bertz CT molecular complexity index is 720. The number of nitrogens with zero attached hydrogens (tertiary/aromatic N) is 3. The molecule has 6 heteroatoms. The van der Waals surface area contributed by atoms with Crippen molar-refractivity contribution >= 4 is 17.3 Å². The fraction of sp³-hybridized carbons (Fsp3) is 0.267. The Kier molecular flexibility index (Phi) is 3.69. The van der Waals surface area contributed by atoms with E-state index in [2.05, 4.69) is 4.98 Å². The Morgan fingerprint density at radius 1 is 1.57 bits per heavy atom. The summed E-state index contributed by atoms with van der Waals surface area (Å²) in [5.41, 5.74) is 2.16. The fourth-order valence-electron chi connectivity index (χ4n) is 2.70. The molecule has 0 saturated heterocycles. The minimum Gasteiger partial charge on any atom is -0.480 e. The smallest absolute Gasteiger partial charge is 0.325 e. The molecular weight excluding hydrogens is 286 g/mol. The SMILES string of the molecule is N#Cc1cc(CN2CCc3sccc3C2C(=O)O)ccn1. The van der Waals surface area contributed by atoms with Gasteiger partial charge in [-0.05, 0) is 41.1 Å². The van der Waals surface area contributed by atoms with Gasteiger partial charge in [-0.15, -0.1) is 11.3 Å². The van der Waals surface area contributed by atoms with Gasteiger partial charge in [-0.3, -0.25) is 9.69 Å². The van der Waals surface area contributed by atoms with Gasteiger partial charge in [-0.1, -0.05) is 0 Å². The van der Waals surface area contributed by atoms with Crippen LogP contribution in [0.5, 0.6) is 0 Å². The average Bonchev–Trinajstić information content (AvgIpc) is 2.95. The molecule has 0 radical (unpaired) electrons. The molecule has 1 aliphatic heterocycles. The standard InChI is InChI=1S/C15H13N3O2S/c16-8-11-7-10(1-4-17-11)9-18-5-2-13-12(3-6-21-13)14(18)15(19)20/h1,3-4,6-7,14H,2,5,9H2,(H,19,20). The van der Waals surface area contributed by atoms with E-state index in [1.165, 1.54) is 0 Å². The topological polar surface area (TPSA) is 77.2 Å². The third-order valence-electron chi connectivity index (χ3n) is 3.62. The van der Waals surface area contributed by atoms with Crippen LogP contribution in [0.3, 0.4) is 0 Å². The lowest BCUT2D eigenvalue weighted by Gasteiger charge is -2.33. The van der Waals surface area contributed by atoms with Gasteiger partial charge >= 0.3 is 5.97 Å². The first kappa shape index (κ1) is 13.7. The number of fused-ring (bicyclic) bond motifs is 1. The number of thiophene rings is 1. The first-order valence-corrected chi connectivity index (χ1v) is 7.45. The van der Waals surface area contributed by atoms with Gasteiger partial charge in [0, 0.05) is 24.2 Å². The molecule has 106 valence electrons. The molecule has 0 aromatic carbocycles. The Morgan fingerprint density at radius 2 is 2.43 bits per heavy atom. The van der Waals surface area contributed by atoms with Crippen LogP contribution in [-0.4, -0.2) is 27.5 Å². The maximum absolute atomic E-state index is 11.6. The quantitative estimate of drug-likeness (QED) is 0.940. The van der Waals surface area contributed by atoms with E-state index in [1.807, 2.05) is 28.5 Å². The van der Waals surface area contributed by atoms with E-state index in [9.17, 15) is 9.90 Å². The van der Waals surface area contributed by atoms with E-state index in [1.54, 1.807) is 23.6 Å². The molecule has 5 nitrogen and oxygen atoms in total. The molecule has 1 atom stereocenters. The number of aliphatic carboxylic acids is 1. The van der Waals surface area contributed by atoms with Crippen molar-refractivity contribution in [1.82, 2.24) is 9.88 Å². The van der Waals surface area contributed by atoms with E-state index < -0.39 is 12.0 Å². The molecule has 1 aliphatic rings. The summed E-state index contributed by atoms with van der Waals surface area (Å²) < 4.78 is 0. The van der Waals surface area contributed by atoms with Gasteiger partial charge in [-0.2, -0.15) is 5.26 Å². The Morgan fingerprint density at radius 3 is 3.19 bits per heavy atom. The van der Waals surface area contributed by atoms with Crippen molar-refractivity contribution in [2.24, 2.45) is 0 Å². The first-order valence-electron chi connectivity index (χ1n) is 6.57. The summed E-state index contributed by atoms with van der Waals surface area (Å²) in [5.74, 6) is -0.830. The summed E-state index contributed by atoms with van der Waals surface area (Å²) in [4.78, 5) is 18.7. The number of carboxylic acids is 1. The van der Waals surface area contributed by atoms with Crippen LogP contribution in [-0.2, 0) is 17.8 Å². The molecule has 0 fully saturated rings. The minimum atomic E-state index is -0.830. The maximum Gasteiger partial charge on any atom is 0.325 e. The van der Waals surface area contributed by atoms with Crippen LogP contribution in [0.1, 0.15) is 27.7 Å². The summed E-state index contributed by atoms with van der Waals surface area (Å²) in [5, 5.41) is 20.4. The van der Waals surface area contributed by atoms with Gasteiger partial charge in [-0.25, -0.2) is 4.98 Å².